The SMILES string of the molecule is COCCSc1nnc(CCNC(=O)Cc2csc(-c3ccccc3)n2)n1C. The second-order valence-corrected chi connectivity index (χ2v) is 8.01. The van der Waals surface area contributed by atoms with Gasteiger partial charge in [-0.3, -0.25) is 4.79 Å². The Bertz CT molecular complexity index is 895. The van der Waals surface area contributed by atoms with Crippen LogP contribution in [0.5, 0.6) is 0 Å². The predicted molar refractivity (Wildman–Crippen MR) is 112 cm³/mol. The number of ether oxygens (including phenoxy) is 1. The molecule has 0 aliphatic rings. The molecule has 0 saturated carbocycles. The monoisotopic (exact) mass is 417 g/mol. The highest BCUT2D eigenvalue weighted by Gasteiger charge is 2.11. The molecule has 3 aromatic rings. The van der Waals surface area contributed by atoms with E-state index in [0.29, 0.717) is 19.6 Å². The number of benzene rings is 1. The highest BCUT2D eigenvalue weighted by atomic mass is 32.2. The number of thiazole rings is 1. The molecule has 1 aromatic carbocycles. The summed E-state index contributed by atoms with van der Waals surface area (Å²) in [4.78, 5) is 16.8. The summed E-state index contributed by atoms with van der Waals surface area (Å²) in [5.74, 6) is 1.64. The molecule has 1 N–H and O–H groups in total. The Morgan fingerprint density at radius 2 is 2.11 bits per heavy atom. The quantitative estimate of drug-likeness (QED) is 0.403. The number of methoxy groups -OCH3 is 1. The molecule has 7 nitrogen and oxygen atoms in total. The van der Waals surface area contributed by atoms with Crippen LogP contribution in [0.25, 0.3) is 10.6 Å². The first-order chi connectivity index (χ1) is 13.7. The Morgan fingerprint density at radius 1 is 1.29 bits per heavy atom. The molecular weight excluding hydrogens is 394 g/mol. The van der Waals surface area contributed by atoms with Crippen molar-refractivity contribution in [3.05, 3.63) is 47.2 Å². The van der Waals surface area contributed by atoms with Gasteiger partial charge in [0.25, 0.3) is 0 Å². The summed E-state index contributed by atoms with van der Waals surface area (Å²) in [5.41, 5.74) is 1.86. The largest absolute Gasteiger partial charge is 0.384 e. The third-order valence-corrected chi connectivity index (χ3v) is 5.95. The van der Waals surface area contributed by atoms with Crippen molar-refractivity contribution in [1.82, 2.24) is 25.1 Å². The van der Waals surface area contributed by atoms with Gasteiger partial charge >= 0.3 is 0 Å². The Balaban J connectivity index is 1.45. The third kappa shape index (κ3) is 5.63. The van der Waals surface area contributed by atoms with Gasteiger partial charge in [-0.05, 0) is 0 Å². The van der Waals surface area contributed by atoms with Gasteiger partial charge in [-0.2, -0.15) is 0 Å². The van der Waals surface area contributed by atoms with E-state index in [0.717, 1.165) is 33.0 Å². The Hall–Kier alpha value is -2.23. The summed E-state index contributed by atoms with van der Waals surface area (Å²) < 4.78 is 7.00. The molecule has 0 aliphatic carbocycles. The topological polar surface area (TPSA) is 81.9 Å². The zero-order valence-corrected chi connectivity index (χ0v) is 17.6. The van der Waals surface area contributed by atoms with E-state index < -0.39 is 0 Å². The predicted octanol–water partition coefficient (Wildman–Crippen LogP) is 2.58. The molecule has 1 amide bonds. The van der Waals surface area contributed by atoms with Crippen LogP contribution < -0.4 is 5.32 Å². The van der Waals surface area contributed by atoms with E-state index in [-0.39, 0.29) is 12.3 Å². The molecular formula is C19H23N5O2S2. The maximum atomic E-state index is 12.2. The van der Waals surface area contributed by atoms with Crippen LogP contribution in [0.1, 0.15) is 11.5 Å². The number of nitrogens with one attached hydrogen (secondary N) is 1. The summed E-state index contributed by atoms with van der Waals surface area (Å²) in [7, 11) is 3.62. The molecule has 2 aromatic heterocycles. The fourth-order valence-electron chi connectivity index (χ4n) is 2.55. The summed E-state index contributed by atoms with van der Waals surface area (Å²) in [6.45, 7) is 1.19. The summed E-state index contributed by atoms with van der Waals surface area (Å²) in [6.07, 6.45) is 0.909. The van der Waals surface area contributed by atoms with Crippen molar-refractivity contribution in [1.29, 1.82) is 0 Å². The van der Waals surface area contributed by atoms with E-state index >= 15 is 0 Å². The minimum atomic E-state index is -0.0400. The lowest BCUT2D eigenvalue weighted by Crippen LogP contribution is -2.28. The van der Waals surface area contributed by atoms with Crippen LogP contribution in [0.4, 0.5) is 0 Å². The molecule has 28 heavy (non-hydrogen) atoms. The zero-order valence-electron chi connectivity index (χ0n) is 15.9. The van der Waals surface area contributed by atoms with Crippen molar-refractivity contribution in [3.63, 3.8) is 0 Å². The number of nitrogens with zero attached hydrogens (tertiary/aromatic N) is 4. The van der Waals surface area contributed by atoms with Crippen LogP contribution in [0, 0.1) is 0 Å². The van der Waals surface area contributed by atoms with Gasteiger partial charge in [-0.1, -0.05) is 42.1 Å². The first kappa shape index (κ1) is 20.5. The fraction of sp³-hybridized carbons (Fsp3) is 0.368. The van der Waals surface area contributed by atoms with Crippen LogP contribution >= 0.6 is 23.1 Å². The van der Waals surface area contributed by atoms with Gasteiger partial charge in [0.1, 0.15) is 10.8 Å². The van der Waals surface area contributed by atoms with Crippen LogP contribution in [-0.4, -0.2) is 51.7 Å². The van der Waals surface area contributed by atoms with Gasteiger partial charge in [0, 0.05) is 43.8 Å². The number of carbonyl (C=O) groups excluding carboxylic acids is 1. The maximum absolute atomic E-state index is 12.2. The molecule has 0 spiro atoms. The number of aromatic nitrogens is 4. The minimum Gasteiger partial charge on any atom is -0.384 e. The lowest BCUT2D eigenvalue weighted by molar-refractivity contribution is -0.120. The Labute approximate surface area is 172 Å². The molecule has 148 valence electrons. The molecule has 0 unspecified atom stereocenters. The molecule has 0 fully saturated rings. The molecule has 0 aliphatic heterocycles. The number of amides is 1. The molecule has 9 heteroatoms. The van der Waals surface area contributed by atoms with Crippen molar-refractivity contribution in [3.8, 4) is 10.6 Å². The van der Waals surface area contributed by atoms with Gasteiger partial charge in [-0.15, -0.1) is 21.5 Å². The lowest BCUT2D eigenvalue weighted by atomic mass is 10.2. The number of hydrogen-bond acceptors (Lipinski definition) is 7. The molecule has 0 bridgehead atoms. The molecule has 2 heterocycles. The van der Waals surface area contributed by atoms with Crippen LogP contribution in [0.3, 0.4) is 0 Å². The van der Waals surface area contributed by atoms with E-state index in [2.05, 4.69) is 20.5 Å². The average molecular weight is 418 g/mol. The number of carbonyl (C=O) groups is 1. The first-order valence-corrected chi connectivity index (χ1v) is 10.8. The fourth-order valence-corrected chi connectivity index (χ4v) is 4.20. The van der Waals surface area contributed by atoms with Crippen LogP contribution in [-0.2, 0) is 29.4 Å². The van der Waals surface area contributed by atoms with E-state index in [9.17, 15) is 4.79 Å². The lowest BCUT2D eigenvalue weighted by Gasteiger charge is -2.05. The van der Waals surface area contributed by atoms with Gasteiger partial charge < -0.3 is 14.6 Å². The van der Waals surface area contributed by atoms with E-state index in [4.69, 9.17) is 4.74 Å². The summed E-state index contributed by atoms with van der Waals surface area (Å²) >= 11 is 3.16. The Kier molecular flexibility index (Phi) is 7.58. The number of rotatable bonds is 10. The van der Waals surface area contributed by atoms with Crippen LogP contribution in [0.2, 0.25) is 0 Å². The van der Waals surface area contributed by atoms with Crippen molar-refractivity contribution < 1.29 is 9.53 Å². The van der Waals surface area contributed by atoms with E-state index in [1.165, 1.54) is 0 Å². The average Bonchev–Trinajstić information content (AvgIpc) is 3.31. The van der Waals surface area contributed by atoms with E-state index in [1.54, 1.807) is 30.2 Å². The maximum Gasteiger partial charge on any atom is 0.226 e. The molecule has 0 radical (unpaired) electrons. The summed E-state index contributed by atoms with van der Waals surface area (Å²) in [5, 5.41) is 15.0. The molecule has 0 atom stereocenters. The van der Waals surface area contributed by atoms with Gasteiger partial charge in [0.2, 0.25) is 5.91 Å². The molecule has 0 saturated heterocycles. The second-order valence-electron chi connectivity index (χ2n) is 6.09. The van der Waals surface area contributed by atoms with E-state index in [1.807, 2.05) is 47.3 Å². The van der Waals surface area contributed by atoms with Crippen molar-refractivity contribution >= 4 is 29.0 Å². The van der Waals surface area contributed by atoms with Crippen molar-refractivity contribution in [2.24, 2.45) is 7.05 Å². The normalized spacial score (nSPS) is 10.9. The smallest absolute Gasteiger partial charge is 0.226 e. The zero-order chi connectivity index (χ0) is 19.8. The third-order valence-electron chi connectivity index (χ3n) is 4.03. The second kappa shape index (κ2) is 10.4. The van der Waals surface area contributed by atoms with Gasteiger partial charge in [0.15, 0.2) is 5.16 Å². The number of thioether (sulfide) groups is 1. The highest BCUT2D eigenvalue weighted by molar-refractivity contribution is 7.99. The van der Waals surface area contributed by atoms with Crippen molar-refractivity contribution in [2.45, 2.75) is 18.0 Å². The van der Waals surface area contributed by atoms with Gasteiger partial charge in [-0.25, -0.2) is 4.98 Å². The summed E-state index contributed by atoms with van der Waals surface area (Å²) in [6, 6.07) is 9.98. The van der Waals surface area contributed by atoms with Gasteiger partial charge in [0.05, 0.1) is 18.7 Å². The first-order valence-electron chi connectivity index (χ1n) is 8.94. The number of hydrogen-bond donors (Lipinski definition) is 1. The standard InChI is InChI=1S/C19H23N5O2S2/c1-24-16(22-23-19(24)27-11-10-26-2)8-9-20-17(25)12-15-13-28-18(21-15)14-6-4-3-5-7-14/h3-7,13H,8-12H2,1-2H3,(H,20,25). The van der Waals surface area contributed by atoms with Crippen LogP contribution in [0.15, 0.2) is 40.9 Å². The minimum absolute atomic E-state index is 0.0400. The van der Waals surface area contributed by atoms with Crippen molar-refractivity contribution in [2.75, 3.05) is 26.0 Å². The molecule has 3 rings (SSSR count). The highest BCUT2D eigenvalue weighted by Crippen LogP contribution is 2.23. The Morgan fingerprint density at radius 3 is 2.89 bits per heavy atom.